The maximum atomic E-state index is 11.2. The lowest BCUT2D eigenvalue weighted by molar-refractivity contribution is -0.155. The molecule has 0 aliphatic carbocycles. The number of unbranched alkanes of at least 4 members (excludes halogenated alkanes) is 11. The van der Waals surface area contributed by atoms with E-state index >= 15 is 0 Å². The average molecular weight is 397 g/mol. The molecule has 0 saturated heterocycles. The zero-order chi connectivity index (χ0) is 19.6. The standard InChI is InChI=1S/C22H42O4.Mg.2H/c1-3-5-7-8-9-10-11-12-13-15-17-19(16-14-6-4-2)18-20(21(23)24)22(25)26;;;/h19-20H,3-18H2,1-2H3,(H,23,24)(H,25,26);;;. The number of carboxylic acid groups (broad SMARTS) is 2. The van der Waals surface area contributed by atoms with Gasteiger partial charge in [-0.3, -0.25) is 9.59 Å². The summed E-state index contributed by atoms with van der Waals surface area (Å²) in [5.74, 6) is -3.40. The first kappa shape index (κ1) is 28.9. The molecule has 1 atom stereocenters. The number of hydrogen-bond acceptors (Lipinski definition) is 2. The van der Waals surface area contributed by atoms with Crippen LogP contribution in [0.3, 0.4) is 0 Å². The van der Waals surface area contributed by atoms with Crippen molar-refractivity contribution in [1.29, 1.82) is 0 Å². The van der Waals surface area contributed by atoms with Crippen LogP contribution in [0.5, 0.6) is 0 Å². The van der Waals surface area contributed by atoms with Crippen molar-refractivity contribution >= 4 is 35.0 Å². The molecule has 27 heavy (non-hydrogen) atoms. The minimum Gasteiger partial charge on any atom is -0.481 e. The Hall–Kier alpha value is -0.294. The van der Waals surface area contributed by atoms with E-state index in [2.05, 4.69) is 13.8 Å². The first-order valence-electron chi connectivity index (χ1n) is 11.0. The molecule has 1 unspecified atom stereocenters. The second-order valence-corrected chi connectivity index (χ2v) is 7.80. The van der Waals surface area contributed by atoms with Crippen molar-refractivity contribution in [2.75, 3.05) is 0 Å². The van der Waals surface area contributed by atoms with E-state index in [9.17, 15) is 9.59 Å². The van der Waals surface area contributed by atoms with Crippen molar-refractivity contribution in [3.63, 3.8) is 0 Å². The van der Waals surface area contributed by atoms with Crippen molar-refractivity contribution in [2.45, 2.75) is 117 Å². The molecule has 2 N–H and O–H groups in total. The van der Waals surface area contributed by atoms with Gasteiger partial charge in [-0.25, -0.2) is 0 Å². The summed E-state index contributed by atoms with van der Waals surface area (Å²) in [6.07, 6.45) is 18.4. The zero-order valence-corrected chi connectivity index (χ0v) is 17.2. The molecular weight excluding hydrogens is 353 g/mol. The summed E-state index contributed by atoms with van der Waals surface area (Å²) in [7, 11) is 0. The van der Waals surface area contributed by atoms with Crippen LogP contribution in [0, 0.1) is 11.8 Å². The Morgan fingerprint density at radius 3 is 1.37 bits per heavy atom. The zero-order valence-electron chi connectivity index (χ0n) is 17.2. The molecule has 5 heteroatoms. The van der Waals surface area contributed by atoms with Crippen molar-refractivity contribution < 1.29 is 19.8 Å². The van der Waals surface area contributed by atoms with E-state index in [1.165, 1.54) is 57.8 Å². The number of carboxylic acids is 2. The van der Waals surface area contributed by atoms with Crippen molar-refractivity contribution in [3.05, 3.63) is 0 Å². The second kappa shape index (κ2) is 20.4. The fourth-order valence-electron chi connectivity index (χ4n) is 3.62. The molecule has 0 aliphatic rings. The monoisotopic (exact) mass is 396 g/mol. The van der Waals surface area contributed by atoms with E-state index in [4.69, 9.17) is 10.2 Å². The van der Waals surface area contributed by atoms with E-state index in [1.807, 2.05) is 0 Å². The van der Waals surface area contributed by atoms with Gasteiger partial charge in [0.05, 0.1) is 0 Å². The molecular formula is C22H44MgO4. The molecule has 0 radical (unpaired) electrons. The highest BCUT2D eigenvalue weighted by atomic mass is 24.3. The SMILES string of the molecule is CCCCCCCCCCCCC(CCCCC)CC(C(=O)O)C(=O)O.[MgH2]. The summed E-state index contributed by atoms with van der Waals surface area (Å²) >= 11 is 0. The third kappa shape index (κ3) is 17.5. The van der Waals surface area contributed by atoms with E-state index in [0.29, 0.717) is 0 Å². The Morgan fingerprint density at radius 2 is 0.963 bits per heavy atom. The summed E-state index contributed by atoms with van der Waals surface area (Å²) in [6, 6.07) is 0. The second-order valence-electron chi connectivity index (χ2n) is 7.80. The molecule has 0 aromatic carbocycles. The number of hydrogen-bond donors (Lipinski definition) is 2. The summed E-state index contributed by atoms with van der Waals surface area (Å²) in [5, 5.41) is 18.3. The predicted octanol–water partition coefficient (Wildman–Crippen LogP) is 5.75. The smallest absolute Gasteiger partial charge is 0.317 e. The molecule has 0 amide bonds. The van der Waals surface area contributed by atoms with Gasteiger partial charge >= 0.3 is 35.0 Å². The van der Waals surface area contributed by atoms with Crippen LogP contribution in [0.25, 0.3) is 0 Å². The van der Waals surface area contributed by atoms with Gasteiger partial charge in [-0.2, -0.15) is 0 Å². The van der Waals surface area contributed by atoms with Gasteiger partial charge in [0.15, 0.2) is 5.92 Å². The molecule has 0 heterocycles. The van der Waals surface area contributed by atoms with Crippen molar-refractivity contribution in [1.82, 2.24) is 0 Å². The highest BCUT2D eigenvalue weighted by Crippen LogP contribution is 2.25. The largest absolute Gasteiger partial charge is 0.481 e. The van der Waals surface area contributed by atoms with Gasteiger partial charge in [0.1, 0.15) is 0 Å². The molecule has 0 rings (SSSR count). The molecule has 0 saturated carbocycles. The van der Waals surface area contributed by atoms with Crippen LogP contribution in [0.15, 0.2) is 0 Å². The predicted molar refractivity (Wildman–Crippen MR) is 116 cm³/mol. The van der Waals surface area contributed by atoms with Crippen LogP contribution in [0.1, 0.15) is 117 Å². The Bertz CT molecular complexity index is 346. The summed E-state index contributed by atoms with van der Waals surface area (Å²) in [6.45, 7) is 4.39. The molecule has 0 aliphatic heterocycles. The van der Waals surface area contributed by atoms with Crippen LogP contribution in [-0.2, 0) is 9.59 Å². The summed E-state index contributed by atoms with van der Waals surface area (Å²) < 4.78 is 0. The molecule has 0 bridgehead atoms. The Balaban J connectivity index is 0. The molecule has 4 nitrogen and oxygen atoms in total. The van der Waals surface area contributed by atoms with Gasteiger partial charge in [-0.15, -0.1) is 0 Å². The molecule has 0 aromatic heterocycles. The van der Waals surface area contributed by atoms with E-state index in [-0.39, 0.29) is 35.4 Å². The fraction of sp³-hybridized carbons (Fsp3) is 0.909. The topological polar surface area (TPSA) is 74.6 Å². The maximum Gasteiger partial charge on any atom is 0.317 e. The van der Waals surface area contributed by atoms with Crippen LogP contribution in [0.2, 0.25) is 0 Å². The molecule has 0 aromatic rings. The first-order chi connectivity index (χ1) is 12.5. The maximum absolute atomic E-state index is 11.2. The summed E-state index contributed by atoms with van der Waals surface area (Å²) in [5.41, 5.74) is 0. The van der Waals surface area contributed by atoms with Gasteiger partial charge in [0.25, 0.3) is 0 Å². The third-order valence-electron chi connectivity index (χ3n) is 5.35. The van der Waals surface area contributed by atoms with Gasteiger partial charge in [0.2, 0.25) is 0 Å². The van der Waals surface area contributed by atoms with E-state index in [0.717, 1.165) is 38.5 Å². The number of aliphatic carboxylic acids is 2. The molecule has 0 fully saturated rings. The normalized spacial score (nSPS) is 12.0. The Kier molecular flexibility index (Phi) is 21.9. The van der Waals surface area contributed by atoms with Gasteiger partial charge in [-0.05, 0) is 12.3 Å². The lowest BCUT2D eigenvalue weighted by Gasteiger charge is -2.19. The van der Waals surface area contributed by atoms with E-state index in [1.54, 1.807) is 0 Å². The van der Waals surface area contributed by atoms with Gasteiger partial charge < -0.3 is 10.2 Å². The first-order valence-corrected chi connectivity index (χ1v) is 11.0. The van der Waals surface area contributed by atoms with Gasteiger partial charge in [0, 0.05) is 0 Å². The highest BCUT2D eigenvalue weighted by Gasteiger charge is 2.28. The number of rotatable bonds is 19. The Labute approximate surface area is 183 Å². The van der Waals surface area contributed by atoms with Crippen molar-refractivity contribution in [3.8, 4) is 0 Å². The van der Waals surface area contributed by atoms with Crippen LogP contribution < -0.4 is 0 Å². The van der Waals surface area contributed by atoms with E-state index < -0.39 is 17.9 Å². The molecule has 0 spiro atoms. The Morgan fingerprint density at radius 1 is 0.630 bits per heavy atom. The summed E-state index contributed by atoms with van der Waals surface area (Å²) in [4.78, 5) is 22.3. The van der Waals surface area contributed by atoms with Crippen LogP contribution >= 0.6 is 0 Å². The third-order valence-corrected chi connectivity index (χ3v) is 5.35. The minimum absolute atomic E-state index is 0. The van der Waals surface area contributed by atoms with Crippen LogP contribution in [-0.4, -0.2) is 45.2 Å². The molecule has 158 valence electrons. The highest BCUT2D eigenvalue weighted by molar-refractivity contribution is 5.92. The quantitative estimate of drug-likeness (QED) is 0.165. The van der Waals surface area contributed by atoms with Crippen LogP contribution in [0.4, 0.5) is 0 Å². The fourth-order valence-corrected chi connectivity index (χ4v) is 3.62. The minimum atomic E-state index is -1.25. The average Bonchev–Trinajstić information content (AvgIpc) is 2.60. The lowest BCUT2D eigenvalue weighted by Crippen LogP contribution is -2.26. The van der Waals surface area contributed by atoms with Gasteiger partial charge in [-0.1, -0.05) is 110 Å². The number of carbonyl (C=O) groups is 2. The lowest BCUT2D eigenvalue weighted by atomic mass is 9.86. The van der Waals surface area contributed by atoms with Crippen molar-refractivity contribution in [2.24, 2.45) is 11.8 Å².